The predicted molar refractivity (Wildman–Crippen MR) is 60.2 cm³/mol. The average molecular weight is 234 g/mol. The van der Waals surface area contributed by atoms with Crippen LogP contribution in [0.1, 0.15) is 23.7 Å². The number of benzene rings is 1. The molecule has 4 nitrogen and oxygen atoms in total. The van der Waals surface area contributed by atoms with Gasteiger partial charge < -0.3 is 14.2 Å². The molecule has 0 saturated carbocycles. The number of ether oxygens (including phenoxy) is 3. The first-order chi connectivity index (χ1) is 8.24. The summed E-state index contributed by atoms with van der Waals surface area (Å²) in [6.07, 6.45) is 1.28. The minimum Gasteiger partial charge on any atom is -0.496 e. The highest BCUT2D eigenvalue weighted by Crippen LogP contribution is 2.48. The molecule has 2 bridgehead atoms. The molecule has 90 valence electrons. The van der Waals surface area contributed by atoms with Crippen LogP contribution in [-0.2, 0) is 16.0 Å². The van der Waals surface area contributed by atoms with Crippen LogP contribution in [0.15, 0.2) is 12.1 Å². The van der Waals surface area contributed by atoms with E-state index in [0.717, 1.165) is 29.0 Å². The van der Waals surface area contributed by atoms with Gasteiger partial charge in [-0.1, -0.05) is 0 Å². The monoisotopic (exact) mass is 234 g/mol. The minimum absolute atomic E-state index is 0.0199. The van der Waals surface area contributed by atoms with Crippen LogP contribution >= 0.6 is 0 Å². The second-order valence-electron chi connectivity index (χ2n) is 4.42. The lowest BCUT2D eigenvalue weighted by Gasteiger charge is -2.23. The van der Waals surface area contributed by atoms with E-state index in [1.807, 2.05) is 12.1 Å². The van der Waals surface area contributed by atoms with Crippen LogP contribution in [0.3, 0.4) is 0 Å². The lowest BCUT2D eigenvalue weighted by atomic mass is 9.83. The van der Waals surface area contributed by atoms with Crippen molar-refractivity contribution >= 4 is 5.97 Å². The van der Waals surface area contributed by atoms with E-state index >= 15 is 0 Å². The van der Waals surface area contributed by atoms with Gasteiger partial charge in [0, 0.05) is 17.5 Å². The first-order valence-electron chi connectivity index (χ1n) is 5.69. The lowest BCUT2D eigenvalue weighted by molar-refractivity contribution is -0.144. The number of hydrogen-bond acceptors (Lipinski definition) is 4. The summed E-state index contributed by atoms with van der Waals surface area (Å²) in [5, 5.41) is 0. The van der Waals surface area contributed by atoms with Crippen LogP contribution in [-0.4, -0.2) is 20.2 Å². The van der Waals surface area contributed by atoms with Gasteiger partial charge in [-0.15, -0.1) is 0 Å². The second-order valence-corrected chi connectivity index (χ2v) is 4.42. The summed E-state index contributed by atoms with van der Waals surface area (Å²) >= 11 is 0. The first kappa shape index (κ1) is 10.4. The van der Waals surface area contributed by atoms with Gasteiger partial charge in [0.15, 0.2) is 0 Å². The molecule has 0 spiro atoms. The summed E-state index contributed by atoms with van der Waals surface area (Å²) in [5.74, 6) is 1.47. The van der Waals surface area contributed by atoms with E-state index in [9.17, 15) is 4.79 Å². The van der Waals surface area contributed by atoms with Crippen molar-refractivity contribution in [3.05, 3.63) is 23.3 Å². The molecule has 0 N–H and O–H groups in total. The van der Waals surface area contributed by atoms with Crippen LogP contribution in [0.5, 0.6) is 11.5 Å². The van der Waals surface area contributed by atoms with Crippen LogP contribution in [0, 0.1) is 5.92 Å². The molecule has 1 fully saturated rings. The summed E-state index contributed by atoms with van der Waals surface area (Å²) in [7, 11) is 3.27. The number of rotatable bonds is 2. The highest BCUT2D eigenvalue weighted by atomic mass is 16.6. The topological polar surface area (TPSA) is 44.8 Å². The molecule has 1 aromatic rings. The lowest BCUT2D eigenvalue weighted by Crippen LogP contribution is -2.15. The van der Waals surface area contributed by atoms with E-state index in [0.29, 0.717) is 6.42 Å². The highest BCUT2D eigenvalue weighted by molar-refractivity contribution is 5.77. The highest BCUT2D eigenvalue weighted by Gasteiger charge is 2.43. The van der Waals surface area contributed by atoms with Crippen LogP contribution in [0.2, 0.25) is 0 Å². The Kier molecular flexibility index (Phi) is 2.24. The molecule has 2 atom stereocenters. The van der Waals surface area contributed by atoms with Gasteiger partial charge in [0.25, 0.3) is 0 Å². The standard InChI is InChI=1S/C13H14O4/c1-15-9-3-4-10(16-2)12-8(9)5-7-6-11(12)17-13(7)14/h3-4,7,11H,5-6H2,1-2H3. The van der Waals surface area contributed by atoms with Crippen molar-refractivity contribution in [3.8, 4) is 11.5 Å². The summed E-state index contributed by atoms with van der Waals surface area (Å²) in [4.78, 5) is 11.6. The van der Waals surface area contributed by atoms with Crippen molar-refractivity contribution in [1.82, 2.24) is 0 Å². The number of fused-ring (bicyclic) bond motifs is 4. The van der Waals surface area contributed by atoms with Crippen molar-refractivity contribution in [3.63, 3.8) is 0 Å². The largest absolute Gasteiger partial charge is 0.496 e. The molecule has 2 unspecified atom stereocenters. The fraction of sp³-hybridized carbons (Fsp3) is 0.462. The average Bonchev–Trinajstić information content (AvgIpc) is 2.64. The summed E-state index contributed by atoms with van der Waals surface area (Å²) in [6, 6.07) is 3.75. The number of esters is 1. The van der Waals surface area contributed by atoms with Gasteiger partial charge in [-0.2, -0.15) is 0 Å². The second kappa shape index (κ2) is 3.65. The van der Waals surface area contributed by atoms with Gasteiger partial charge in [-0.25, -0.2) is 0 Å². The minimum atomic E-state index is -0.165. The summed E-state index contributed by atoms with van der Waals surface area (Å²) < 4.78 is 16.1. The van der Waals surface area contributed by atoms with Crippen molar-refractivity contribution in [2.75, 3.05) is 14.2 Å². The molecule has 1 heterocycles. The van der Waals surface area contributed by atoms with E-state index in [1.54, 1.807) is 14.2 Å². The van der Waals surface area contributed by atoms with E-state index < -0.39 is 0 Å². The molecule has 1 aliphatic carbocycles. The molecular weight excluding hydrogens is 220 g/mol. The SMILES string of the molecule is COc1ccc(OC)c2c1CC1CC2OC1=O. The van der Waals surface area contributed by atoms with Crippen molar-refractivity contribution in [2.24, 2.45) is 5.92 Å². The maximum absolute atomic E-state index is 11.6. The van der Waals surface area contributed by atoms with Gasteiger partial charge in [-0.3, -0.25) is 4.79 Å². The molecule has 17 heavy (non-hydrogen) atoms. The molecule has 3 rings (SSSR count). The molecule has 2 aliphatic rings. The Morgan fingerprint density at radius 1 is 1.24 bits per heavy atom. The molecule has 1 aromatic carbocycles. The quantitative estimate of drug-likeness (QED) is 0.733. The Labute approximate surface area is 99.5 Å². The number of methoxy groups -OCH3 is 2. The van der Waals surface area contributed by atoms with Gasteiger partial charge in [0.2, 0.25) is 0 Å². The normalized spacial score (nSPS) is 25.2. The van der Waals surface area contributed by atoms with Crippen LogP contribution < -0.4 is 9.47 Å². The maximum atomic E-state index is 11.6. The number of carbonyl (C=O) groups is 1. The fourth-order valence-electron chi connectivity index (χ4n) is 2.79. The van der Waals surface area contributed by atoms with E-state index in [2.05, 4.69) is 0 Å². The molecule has 1 saturated heterocycles. The fourth-order valence-corrected chi connectivity index (χ4v) is 2.79. The van der Waals surface area contributed by atoms with Gasteiger partial charge in [-0.05, 0) is 18.6 Å². The number of hydrogen-bond donors (Lipinski definition) is 0. The zero-order valence-electron chi connectivity index (χ0n) is 9.86. The summed E-state index contributed by atoms with van der Waals surface area (Å²) in [6.45, 7) is 0. The van der Waals surface area contributed by atoms with Crippen molar-refractivity contribution in [2.45, 2.75) is 18.9 Å². The third-order valence-corrected chi connectivity index (χ3v) is 3.58. The Balaban J connectivity index is 2.17. The molecule has 1 aliphatic heterocycles. The Hall–Kier alpha value is -1.71. The van der Waals surface area contributed by atoms with E-state index in [-0.39, 0.29) is 18.0 Å². The third-order valence-electron chi connectivity index (χ3n) is 3.58. The van der Waals surface area contributed by atoms with E-state index in [4.69, 9.17) is 14.2 Å². The van der Waals surface area contributed by atoms with Gasteiger partial charge >= 0.3 is 5.97 Å². The van der Waals surface area contributed by atoms with Crippen LogP contribution in [0.25, 0.3) is 0 Å². The molecule has 0 aromatic heterocycles. The molecule has 4 heteroatoms. The third kappa shape index (κ3) is 1.40. The molecule has 0 amide bonds. The zero-order chi connectivity index (χ0) is 12.0. The summed E-state index contributed by atoms with van der Waals surface area (Å²) in [5.41, 5.74) is 2.04. The van der Waals surface area contributed by atoms with E-state index in [1.165, 1.54) is 0 Å². The predicted octanol–water partition coefficient (Wildman–Crippen LogP) is 1.86. The Morgan fingerprint density at radius 2 is 1.94 bits per heavy atom. The van der Waals surface area contributed by atoms with Gasteiger partial charge in [0.1, 0.15) is 17.6 Å². The smallest absolute Gasteiger partial charge is 0.310 e. The first-order valence-corrected chi connectivity index (χ1v) is 5.69. The Bertz CT molecular complexity index is 481. The van der Waals surface area contributed by atoms with Crippen molar-refractivity contribution in [1.29, 1.82) is 0 Å². The number of carbonyl (C=O) groups excluding carboxylic acids is 1. The molecule has 0 radical (unpaired) electrons. The van der Waals surface area contributed by atoms with Crippen LogP contribution in [0.4, 0.5) is 0 Å². The van der Waals surface area contributed by atoms with Gasteiger partial charge in [0.05, 0.1) is 20.1 Å². The maximum Gasteiger partial charge on any atom is 0.310 e. The molecular formula is C13H14O4. The zero-order valence-corrected chi connectivity index (χ0v) is 9.86. The Morgan fingerprint density at radius 3 is 2.65 bits per heavy atom. The van der Waals surface area contributed by atoms with Crippen molar-refractivity contribution < 1.29 is 19.0 Å².